The molecule has 0 aliphatic carbocycles. The molecule has 29 heavy (non-hydrogen) atoms. The van der Waals surface area contributed by atoms with Crippen LogP contribution in [0.1, 0.15) is 33.6 Å². The maximum absolute atomic E-state index is 12.5. The lowest BCUT2D eigenvalue weighted by molar-refractivity contribution is -0.125. The molecule has 2 aliphatic rings. The summed E-state index contributed by atoms with van der Waals surface area (Å²) in [5, 5.41) is 2.97. The summed E-state index contributed by atoms with van der Waals surface area (Å²) in [6.07, 6.45) is 0.959. The van der Waals surface area contributed by atoms with Crippen LogP contribution in [-0.2, 0) is 14.3 Å². The highest BCUT2D eigenvalue weighted by molar-refractivity contribution is 9.10. The zero-order chi connectivity index (χ0) is 21.2. The lowest BCUT2D eigenvalue weighted by atomic mass is 10.1. The molecule has 0 radical (unpaired) electrons. The Labute approximate surface area is 178 Å². The molecule has 1 aromatic carbocycles. The molecule has 0 spiro atoms. The highest BCUT2D eigenvalue weighted by Crippen LogP contribution is 2.34. The first-order valence-electron chi connectivity index (χ1n) is 9.62. The lowest BCUT2D eigenvalue weighted by Crippen LogP contribution is -2.51. The number of nitrogens with zero attached hydrogens (tertiary/aromatic N) is 2. The highest BCUT2D eigenvalue weighted by atomic mass is 79.9. The Kier molecular flexibility index (Phi) is 6.36. The van der Waals surface area contributed by atoms with Gasteiger partial charge in [0.05, 0.1) is 5.69 Å². The Hall–Kier alpha value is -2.29. The van der Waals surface area contributed by atoms with Crippen LogP contribution in [0.15, 0.2) is 22.7 Å². The van der Waals surface area contributed by atoms with Gasteiger partial charge in [-0.3, -0.25) is 14.5 Å². The largest absolute Gasteiger partial charge is 0.482 e. The standard InChI is InChI=1S/C20H26BrN3O5/c1-20(2,3)29-19(27)23-8-6-14(7-9-23)22-17(25)11-24-15-5-4-13(21)10-16(15)28-12-18(24)26/h4-5,10,14H,6-9,11-12H2,1-3H3,(H,22,25). The Morgan fingerprint density at radius 1 is 1.28 bits per heavy atom. The molecule has 0 bridgehead atoms. The van der Waals surface area contributed by atoms with Gasteiger partial charge in [0.15, 0.2) is 6.61 Å². The zero-order valence-corrected chi connectivity index (χ0v) is 18.5. The minimum absolute atomic E-state index is 0.0401. The van der Waals surface area contributed by atoms with Crippen LogP contribution in [0.3, 0.4) is 0 Å². The third-order valence-electron chi connectivity index (χ3n) is 4.68. The molecule has 3 amide bonds. The molecule has 3 rings (SSSR count). The van der Waals surface area contributed by atoms with E-state index in [0.717, 1.165) is 4.47 Å². The molecule has 1 fully saturated rings. The second-order valence-electron chi connectivity index (χ2n) is 8.19. The summed E-state index contributed by atoms with van der Waals surface area (Å²) in [7, 11) is 0. The fourth-order valence-electron chi connectivity index (χ4n) is 3.30. The predicted molar refractivity (Wildman–Crippen MR) is 111 cm³/mol. The first-order chi connectivity index (χ1) is 13.6. The maximum Gasteiger partial charge on any atom is 0.410 e. The first kappa shape index (κ1) is 21.4. The number of ether oxygens (including phenoxy) is 2. The topological polar surface area (TPSA) is 88.2 Å². The van der Waals surface area contributed by atoms with Crippen molar-refractivity contribution in [1.82, 2.24) is 10.2 Å². The van der Waals surface area contributed by atoms with Gasteiger partial charge >= 0.3 is 6.09 Å². The summed E-state index contributed by atoms with van der Waals surface area (Å²) in [5.41, 5.74) is 0.0537. The van der Waals surface area contributed by atoms with E-state index in [4.69, 9.17) is 9.47 Å². The Bertz CT molecular complexity index is 800. The Morgan fingerprint density at radius 3 is 2.62 bits per heavy atom. The summed E-state index contributed by atoms with van der Waals surface area (Å²) < 4.78 is 11.7. The zero-order valence-electron chi connectivity index (χ0n) is 16.9. The fraction of sp³-hybridized carbons (Fsp3) is 0.550. The molecule has 158 valence electrons. The predicted octanol–water partition coefficient (Wildman–Crippen LogP) is 2.69. The van der Waals surface area contributed by atoms with Crippen LogP contribution in [0, 0.1) is 0 Å². The van der Waals surface area contributed by atoms with E-state index in [1.807, 2.05) is 20.8 Å². The number of anilines is 1. The molecule has 1 saturated heterocycles. The quantitative estimate of drug-likeness (QED) is 0.737. The molecular weight excluding hydrogens is 442 g/mol. The van der Waals surface area contributed by atoms with Gasteiger partial charge in [0.1, 0.15) is 17.9 Å². The molecule has 2 heterocycles. The van der Waals surface area contributed by atoms with Gasteiger partial charge in [-0.25, -0.2) is 4.79 Å². The normalized spacial score (nSPS) is 17.4. The smallest absolute Gasteiger partial charge is 0.410 e. The highest BCUT2D eigenvalue weighted by Gasteiger charge is 2.30. The molecule has 0 saturated carbocycles. The van der Waals surface area contributed by atoms with Crippen LogP contribution in [0.4, 0.5) is 10.5 Å². The van der Waals surface area contributed by atoms with Gasteiger partial charge in [0, 0.05) is 23.6 Å². The van der Waals surface area contributed by atoms with E-state index in [1.54, 1.807) is 23.1 Å². The molecule has 0 unspecified atom stereocenters. The van der Waals surface area contributed by atoms with Gasteiger partial charge in [-0.05, 0) is 51.8 Å². The van der Waals surface area contributed by atoms with E-state index >= 15 is 0 Å². The first-order valence-corrected chi connectivity index (χ1v) is 10.4. The van der Waals surface area contributed by atoms with Crippen LogP contribution in [-0.4, -0.2) is 60.7 Å². The summed E-state index contributed by atoms with van der Waals surface area (Å²) in [6.45, 7) is 6.39. The van der Waals surface area contributed by atoms with Crippen molar-refractivity contribution in [2.75, 3.05) is 31.1 Å². The van der Waals surface area contributed by atoms with E-state index in [1.165, 1.54) is 4.90 Å². The molecular formula is C20H26BrN3O5. The number of piperidine rings is 1. The number of carbonyl (C=O) groups is 3. The molecule has 1 N–H and O–H groups in total. The van der Waals surface area contributed by atoms with Crippen molar-refractivity contribution in [3.8, 4) is 5.75 Å². The van der Waals surface area contributed by atoms with E-state index in [0.29, 0.717) is 37.4 Å². The van der Waals surface area contributed by atoms with Gasteiger partial charge in [0.25, 0.3) is 5.91 Å². The van der Waals surface area contributed by atoms with Gasteiger partial charge < -0.3 is 19.7 Å². The van der Waals surface area contributed by atoms with Crippen LogP contribution in [0.5, 0.6) is 5.75 Å². The number of carbonyl (C=O) groups excluding carboxylic acids is 3. The third-order valence-corrected chi connectivity index (χ3v) is 5.17. The monoisotopic (exact) mass is 467 g/mol. The second-order valence-corrected chi connectivity index (χ2v) is 9.11. The minimum atomic E-state index is -0.529. The molecule has 0 atom stereocenters. The minimum Gasteiger partial charge on any atom is -0.482 e. The van der Waals surface area contributed by atoms with E-state index in [2.05, 4.69) is 21.2 Å². The van der Waals surface area contributed by atoms with Gasteiger partial charge in [-0.15, -0.1) is 0 Å². The van der Waals surface area contributed by atoms with Crippen molar-refractivity contribution < 1.29 is 23.9 Å². The Balaban J connectivity index is 1.52. The van der Waals surface area contributed by atoms with E-state index in [-0.39, 0.29) is 37.1 Å². The molecule has 9 heteroatoms. The number of fused-ring (bicyclic) bond motifs is 1. The number of nitrogens with one attached hydrogen (secondary N) is 1. The van der Waals surface area contributed by atoms with Crippen molar-refractivity contribution >= 4 is 39.5 Å². The van der Waals surface area contributed by atoms with Gasteiger partial charge in [-0.1, -0.05) is 15.9 Å². The summed E-state index contributed by atoms with van der Waals surface area (Å²) in [4.78, 5) is 40.0. The van der Waals surface area contributed by atoms with Crippen LogP contribution >= 0.6 is 15.9 Å². The van der Waals surface area contributed by atoms with Crippen LogP contribution in [0.25, 0.3) is 0 Å². The third kappa shape index (κ3) is 5.62. The maximum atomic E-state index is 12.5. The summed E-state index contributed by atoms with van der Waals surface area (Å²) in [5.74, 6) is 0.0806. The number of benzene rings is 1. The van der Waals surface area contributed by atoms with Crippen molar-refractivity contribution in [2.24, 2.45) is 0 Å². The number of amides is 3. The van der Waals surface area contributed by atoms with Crippen LogP contribution in [0.2, 0.25) is 0 Å². The number of rotatable bonds is 3. The van der Waals surface area contributed by atoms with Gasteiger partial charge in [0.2, 0.25) is 5.91 Å². The second kappa shape index (κ2) is 8.61. The van der Waals surface area contributed by atoms with E-state index < -0.39 is 5.60 Å². The lowest BCUT2D eigenvalue weighted by Gasteiger charge is -2.34. The number of hydrogen-bond donors (Lipinski definition) is 1. The average Bonchev–Trinajstić information content (AvgIpc) is 2.63. The molecule has 8 nitrogen and oxygen atoms in total. The van der Waals surface area contributed by atoms with Crippen molar-refractivity contribution in [1.29, 1.82) is 0 Å². The molecule has 0 aromatic heterocycles. The summed E-state index contributed by atoms with van der Waals surface area (Å²) in [6, 6.07) is 5.29. The Morgan fingerprint density at radius 2 is 1.97 bits per heavy atom. The van der Waals surface area contributed by atoms with Crippen molar-refractivity contribution in [3.63, 3.8) is 0 Å². The number of hydrogen-bond acceptors (Lipinski definition) is 5. The fourth-order valence-corrected chi connectivity index (χ4v) is 3.64. The SMILES string of the molecule is CC(C)(C)OC(=O)N1CCC(NC(=O)CN2C(=O)COc3cc(Br)ccc32)CC1. The van der Waals surface area contributed by atoms with Crippen molar-refractivity contribution in [3.05, 3.63) is 22.7 Å². The molecule has 2 aliphatic heterocycles. The van der Waals surface area contributed by atoms with Crippen molar-refractivity contribution in [2.45, 2.75) is 45.3 Å². The van der Waals surface area contributed by atoms with E-state index in [9.17, 15) is 14.4 Å². The average molecular weight is 468 g/mol. The number of halogens is 1. The van der Waals surface area contributed by atoms with Crippen LogP contribution < -0.4 is 15.0 Å². The summed E-state index contributed by atoms with van der Waals surface area (Å²) >= 11 is 3.37. The van der Waals surface area contributed by atoms with Gasteiger partial charge in [-0.2, -0.15) is 0 Å². The molecule has 1 aromatic rings. The number of likely N-dealkylation sites (tertiary alicyclic amines) is 1.